The van der Waals surface area contributed by atoms with Gasteiger partial charge in [0.15, 0.2) is 0 Å². The van der Waals surface area contributed by atoms with E-state index in [1.165, 1.54) is 6.20 Å². The third kappa shape index (κ3) is 3.05. The Hall–Kier alpha value is -1.91. The zero-order chi connectivity index (χ0) is 11.3. The highest BCUT2D eigenvalue weighted by atomic mass is 16.4. The van der Waals surface area contributed by atoms with E-state index in [0.717, 1.165) is 0 Å². The summed E-state index contributed by atoms with van der Waals surface area (Å²) < 4.78 is 0. The maximum absolute atomic E-state index is 11.5. The number of carboxylic acids is 1. The number of amides is 1. The number of nitrogens with one attached hydrogen (secondary N) is 1. The van der Waals surface area contributed by atoms with Crippen molar-refractivity contribution in [1.29, 1.82) is 0 Å². The fraction of sp³-hybridized carbons (Fsp3) is 0.300. The molecule has 2 N–H and O–H groups in total. The summed E-state index contributed by atoms with van der Waals surface area (Å²) in [5.74, 6) is -1.45. The molecule has 1 aromatic rings. The average Bonchev–Trinajstić information content (AvgIpc) is 2.26. The first-order chi connectivity index (χ1) is 7.15. The quantitative estimate of drug-likeness (QED) is 0.762. The number of carbonyl (C=O) groups excluding carboxylic acids is 1. The maximum Gasteiger partial charge on any atom is 0.326 e. The highest BCUT2D eigenvalue weighted by Crippen LogP contribution is 1.98. The van der Waals surface area contributed by atoms with E-state index in [9.17, 15) is 9.59 Å². The second kappa shape index (κ2) is 5.09. The van der Waals surface area contributed by atoms with Crippen LogP contribution in [0.2, 0.25) is 0 Å². The molecule has 0 spiro atoms. The zero-order valence-corrected chi connectivity index (χ0v) is 8.30. The van der Waals surface area contributed by atoms with Crippen LogP contribution < -0.4 is 5.32 Å². The summed E-state index contributed by atoms with van der Waals surface area (Å²) in [6, 6.07) is 2.35. The van der Waals surface area contributed by atoms with E-state index in [-0.39, 0.29) is 0 Å². The minimum absolute atomic E-state index is 0.349. The minimum Gasteiger partial charge on any atom is -0.480 e. The first-order valence-corrected chi connectivity index (χ1v) is 4.58. The molecule has 0 aliphatic rings. The average molecular weight is 208 g/mol. The SMILES string of the molecule is CC[C@@H](NC(=O)c1cccnc1)C(=O)O. The number of hydrogen-bond donors (Lipinski definition) is 2. The normalized spacial score (nSPS) is 11.8. The molecule has 15 heavy (non-hydrogen) atoms. The Kier molecular flexibility index (Phi) is 3.79. The van der Waals surface area contributed by atoms with Gasteiger partial charge in [0, 0.05) is 12.4 Å². The summed E-state index contributed by atoms with van der Waals surface area (Å²) >= 11 is 0. The van der Waals surface area contributed by atoms with Crippen molar-refractivity contribution in [3.05, 3.63) is 30.1 Å². The van der Waals surface area contributed by atoms with Crippen LogP contribution in [0.3, 0.4) is 0 Å². The fourth-order valence-electron chi connectivity index (χ4n) is 1.08. The van der Waals surface area contributed by atoms with Crippen LogP contribution in [0.25, 0.3) is 0 Å². The van der Waals surface area contributed by atoms with E-state index in [0.29, 0.717) is 12.0 Å². The molecule has 1 amide bonds. The zero-order valence-electron chi connectivity index (χ0n) is 8.30. The maximum atomic E-state index is 11.5. The molecule has 0 radical (unpaired) electrons. The second-order valence-corrected chi connectivity index (χ2v) is 3.01. The molecule has 0 saturated heterocycles. The molecule has 1 rings (SSSR count). The van der Waals surface area contributed by atoms with Crippen molar-refractivity contribution >= 4 is 11.9 Å². The van der Waals surface area contributed by atoms with Gasteiger partial charge in [0.05, 0.1) is 5.56 Å². The lowest BCUT2D eigenvalue weighted by Gasteiger charge is -2.11. The fourth-order valence-corrected chi connectivity index (χ4v) is 1.08. The van der Waals surface area contributed by atoms with Gasteiger partial charge >= 0.3 is 5.97 Å². The smallest absolute Gasteiger partial charge is 0.326 e. The van der Waals surface area contributed by atoms with Gasteiger partial charge in [0.25, 0.3) is 5.91 Å². The van der Waals surface area contributed by atoms with Crippen LogP contribution in [-0.4, -0.2) is 28.0 Å². The lowest BCUT2D eigenvalue weighted by atomic mass is 10.2. The van der Waals surface area contributed by atoms with Crippen molar-refractivity contribution < 1.29 is 14.7 Å². The van der Waals surface area contributed by atoms with Gasteiger partial charge in [0.2, 0.25) is 0 Å². The number of rotatable bonds is 4. The van der Waals surface area contributed by atoms with Gasteiger partial charge in [-0.05, 0) is 18.6 Å². The van der Waals surface area contributed by atoms with Crippen LogP contribution in [-0.2, 0) is 4.79 Å². The predicted octanol–water partition coefficient (Wildman–Crippen LogP) is 0.675. The topological polar surface area (TPSA) is 79.3 Å². The van der Waals surface area contributed by atoms with E-state index < -0.39 is 17.9 Å². The molecule has 1 atom stereocenters. The Morgan fingerprint density at radius 3 is 2.80 bits per heavy atom. The number of pyridine rings is 1. The van der Waals surface area contributed by atoms with Crippen LogP contribution in [0.1, 0.15) is 23.7 Å². The molecule has 80 valence electrons. The summed E-state index contributed by atoms with van der Waals surface area (Å²) in [4.78, 5) is 25.9. The van der Waals surface area contributed by atoms with Crippen LogP contribution >= 0.6 is 0 Å². The molecule has 0 aliphatic heterocycles. The number of hydrogen-bond acceptors (Lipinski definition) is 3. The Morgan fingerprint density at radius 2 is 2.33 bits per heavy atom. The summed E-state index contributed by atoms with van der Waals surface area (Å²) in [5, 5.41) is 11.1. The van der Waals surface area contributed by atoms with Crippen molar-refractivity contribution in [3.8, 4) is 0 Å². The lowest BCUT2D eigenvalue weighted by molar-refractivity contribution is -0.139. The molecule has 5 nitrogen and oxygen atoms in total. The van der Waals surface area contributed by atoms with Crippen LogP contribution in [0.5, 0.6) is 0 Å². The molecule has 1 aromatic heterocycles. The number of nitrogens with zero attached hydrogens (tertiary/aromatic N) is 1. The van der Waals surface area contributed by atoms with E-state index in [2.05, 4.69) is 10.3 Å². The monoisotopic (exact) mass is 208 g/mol. The third-order valence-electron chi connectivity index (χ3n) is 1.94. The molecule has 0 saturated carbocycles. The molecule has 0 fully saturated rings. The summed E-state index contributed by atoms with van der Waals surface area (Å²) in [6.07, 6.45) is 3.29. The molecule has 0 aliphatic carbocycles. The number of carbonyl (C=O) groups is 2. The predicted molar refractivity (Wildman–Crippen MR) is 53.4 cm³/mol. The highest BCUT2D eigenvalue weighted by Gasteiger charge is 2.18. The lowest BCUT2D eigenvalue weighted by Crippen LogP contribution is -2.40. The first kappa shape index (κ1) is 11.2. The molecule has 0 unspecified atom stereocenters. The number of aliphatic carboxylic acids is 1. The number of carboxylic acid groups (broad SMARTS) is 1. The Balaban J connectivity index is 2.67. The van der Waals surface area contributed by atoms with Gasteiger partial charge in [-0.15, -0.1) is 0 Å². The summed E-state index contributed by atoms with van der Waals surface area (Å²) in [6.45, 7) is 1.70. The van der Waals surface area contributed by atoms with Crippen molar-refractivity contribution in [2.24, 2.45) is 0 Å². The second-order valence-electron chi connectivity index (χ2n) is 3.01. The molecule has 0 bridgehead atoms. The van der Waals surface area contributed by atoms with Crippen LogP contribution in [0.15, 0.2) is 24.5 Å². The number of aromatic nitrogens is 1. The van der Waals surface area contributed by atoms with Gasteiger partial charge in [-0.3, -0.25) is 9.78 Å². The van der Waals surface area contributed by atoms with Crippen molar-refractivity contribution in [2.75, 3.05) is 0 Å². The van der Waals surface area contributed by atoms with Crippen molar-refractivity contribution in [3.63, 3.8) is 0 Å². The van der Waals surface area contributed by atoms with Gasteiger partial charge < -0.3 is 10.4 Å². The molecule has 1 heterocycles. The van der Waals surface area contributed by atoms with Gasteiger partial charge in [-0.2, -0.15) is 0 Å². The largest absolute Gasteiger partial charge is 0.480 e. The van der Waals surface area contributed by atoms with Crippen LogP contribution in [0.4, 0.5) is 0 Å². The Morgan fingerprint density at radius 1 is 1.60 bits per heavy atom. The van der Waals surface area contributed by atoms with Gasteiger partial charge in [0.1, 0.15) is 6.04 Å². The van der Waals surface area contributed by atoms with Gasteiger partial charge in [-0.1, -0.05) is 6.92 Å². The molecular weight excluding hydrogens is 196 g/mol. The molecule has 5 heteroatoms. The Labute approximate surface area is 87.1 Å². The minimum atomic E-state index is -1.03. The highest BCUT2D eigenvalue weighted by molar-refractivity contribution is 5.96. The van der Waals surface area contributed by atoms with E-state index in [1.54, 1.807) is 25.3 Å². The Bertz CT molecular complexity index is 351. The van der Waals surface area contributed by atoms with E-state index >= 15 is 0 Å². The van der Waals surface area contributed by atoms with Crippen molar-refractivity contribution in [2.45, 2.75) is 19.4 Å². The van der Waals surface area contributed by atoms with Gasteiger partial charge in [-0.25, -0.2) is 4.79 Å². The van der Waals surface area contributed by atoms with E-state index in [4.69, 9.17) is 5.11 Å². The summed E-state index contributed by atoms with van der Waals surface area (Å²) in [7, 11) is 0. The summed E-state index contributed by atoms with van der Waals surface area (Å²) in [5.41, 5.74) is 0.359. The first-order valence-electron chi connectivity index (χ1n) is 4.58. The molecular formula is C10H12N2O3. The molecule has 0 aromatic carbocycles. The van der Waals surface area contributed by atoms with E-state index in [1.807, 2.05) is 0 Å². The van der Waals surface area contributed by atoms with Crippen LogP contribution in [0, 0.1) is 0 Å². The third-order valence-corrected chi connectivity index (χ3v) is 1.94. The van der Waals surface area contributed by atoms with Crippen molar-refractivity contribution in [1.82, 2.24) is 10.3 Å². The standard InChI is InChI=1S/C10H12N2O3/c1-2-8(10(14)15)12-9(13)7-4-3-5-11-6-7/h3-6,8H,2H2,1H3,(H,12,13)(H,14,15)/t8-/m1/s1.